The SMILES string of the molecule is COc1cc(Br)ccc1C(=O)NC1CCC(OC)C1. The third-order valence-electron chi connectivity index (χ3n) is 3.46. The van der Waals surface area contributed by atoms with Gasteiger partial charge in [0.05, 0.1) is 18.8 Å². The molecule has 0 aliphatic heterocycles. The topological polar surface area (TPSA) is 47.6 Å². The van der Waals surface area contributed by atoms with Crippen molar-refractivity contribution < 1.29 is 14.3 Å². The van der Waals surface area contributed by atoms with E-state index in [9.17, 15) is 4.79 Å². The Morgan fingerprint density at radius 3 is 2.79 bits per heavy atom. The van der Waals surface area contributed by atoms with Crippen LogP contribution in [0.15, 0.2) is 22.7 Å². The molecule has 4 nitrogen and oxygen atoms in total. The summed E-state index contributed by atoms with van der Waals surface area (Å²) in [4.78, 5) is 12.2. The molecule has 0 radical (unpaired) electrons. The number of hydrogen-bond donors (Lipinski definition) is 1. The number of rotatable bonds is 4. The van der Waals surface area contributed by atoms with Crippen LogP contribution in [0, 0.1) is 0 Å². The number of methoxy groups -OCH3 is 2. The van der Waals surface area contributed by atoms with Crippen LogP contribution in [0.2, 0.25) is 0 Å². The minimum Gasteiger partial charge on any atom is -0.496 e. The summed E-state index contributed by atoms with van der Waals surface area (Å²) >= 11 is 3.36. The maximum atomic E-state index is 12.2. The van der Waals surface area contributed by atoms with Crippen LogP contribution in [0.25, 0.3) is 0 Å². The van der Waals surface area contributed by atoms with Gasteiger partial charge < -0.3 is 14.8 Å². The maximum Gasteiger partial charge on any atom is 0.255 e. The second-order valence-corrected chi connectivity index (χ2v) is 5.60. The van der Waals surface area contributed by atoms with Crippen molar-refractivity contribution in [2.45, 2.75) is 31.4 Å². The summed E-state index contributed by atoms with van der Waals surface area (Å²) in [5.41, 5.74) is 0.562. The lowest BCUT2D eigenvalue weighted by Gasteiger charge is -2.14. The van der Waals surface area contributed by atoms with E-state index >= 15 is 0 Å². The second kappa shape index (κ2) is 6.39. The third kappa shape index (κ3) is 3.48. The second-order valence-electron chi connectivity index (χ2n) is 4.69. The van der Waals surface area contributed by atoms with Crippen LogP contribution in [-0.4, -0.2) is 32.3 Å². The highest BCUT2D eigenvalue weighted by Gasteiger charge is 2.26. The zero-order chi connectivity index (χ0) is 13.8. The Labute approximate surface area is 121 Å². The smallest absolute Gasteiger partial charge is 0.255 e. The summed E-state index contributed by atoms with van der Waals surface area (Å²) < 4.78 is 11.4. The highest BCUT2D eigenvalue weighted by molar-refractivity contribution is 9.10. The van der Waals surface area contributed by atoms with E-state index in [1.165, 1.54) is 0 Å². The van der Waals surface area contributed by atoms with E-state index in [-0.39, 0.29) is 18.1 Å². The zero-order valence-electron chi connectivity index (χ0n) is 11.1. The number of carbonyl (C=O) groups is 1. The van der Waals surface area contributed by atoms with E-state index in [1.54, 1.807) is 26.4 Å². The van der Waals surface area contributed by atoms with Crippen LogP contribution >= 0.6 is 15.9 Å². The molecule has 104 valence electrons. The molecule has 0 aromatic heterocycles. The Kier molecular flexibility index (Phi) is 4.82. The Morgan fingerprint density at radius 2 is 2.16 bits per heavy atom. The molecule has 19 heavy (non-hydrogen) atoms. The Balaban J connectivity index is 2.04. The van der Waals surface area contributed by atoms with Crippen LogP contribution in [-0.2, 0) is 4.74 Å². The summed E-state index contributed by atoms with van der Waals surface area (Å²) in [6.07, 6.45) is 3.10. The van der Waals surface area contributed by atoms with Gasteiger partial charge in [-0.25, -0.2) is 0 Å². The molecule has 0 spiro atoms. The number of carbonyl (C=O) groups excluding carboxylic acids is 1. The Bertz CT molecular complexity index is 464. The van der Waals surface area contributed by atoms with Crippen LogP contribution in [0.4, 0.5) is 0 Å². The van der Waals surface area contributed by atoms with Crippen molar-refractivity contribution >= 4 is 21.8 Å². The molecule has 5 heteroatoms. The largest absolute Gasteiger partial charge is 0.496 e. The number of amides is 1. The first-order chi connectivity index (χ1) is 9.13. The van der Waals surface area contributed by atoms with Gasteiger partial charge in [0.15, 0.2) is 0 Å². The van der Waals surface area contributed by atoms with Crippen LogP contribution < -0.4 is 10.1 Å². The molecule has 1 amide bonds. The van der Waals surface area contributed by atoms with Crippen molar-refractivity contribution in [3.8, 4) is 5.75 Å². The Hall–Kier alpha value is -1.07. The maximum absolute atomic E-state index is 12.2. The monoisotopic (exact) mass is 327 g/mol. The summed E-state index contributed by atoms with van der Waals surface area (Å²) in [5.74, 6) is 0.485. The predicted octanol–water partition coefficient (Wildman–Crippen LogP) is 2.76. The van der Waals surface area contributed by atoms with Gasteiger partial charge in [0.2, 0.25) is 0 Å². The molecule has 1 N–H and O–H groups in total. The molecule has 2 unspecified atom stereocenters. The number of halogens is 1. The predicted molar refractivity (Wildman–Crippen MR) is 76.6 cm³/mol. The van der Waals surface area contributed by atoms with Crippen molar-refractivity contribution in [2.24, 2.45) is 0 Å². The molecule has 0 heterocycles. The first-order valence-electron chi connectivity index (χ1n) is 6.31. The molecular weight excluding hydrogens is 310 g/mol. The van der Waals surface area contributed by atoms with Crippen LogP contribution in [0.5, 0.6) is 5.75 Å². The first-order valence-corrected chi connectivity index (χ1v) is 7.10. The van der Waals surface area contributed by atoms with Gasteiger partial charge in [0.1, 0.15) is 5.75 Å². The molecule has 1 aliphatic carbocycles. The van der Waals surface area contributed by atoms with Crippen LogP contribution in [0.3, 0.4) is 0 Å². The van der Waals surface area contributed by atoms with E-state index in [0.29, 0.717) is 11.3 Å². The van der Waals surface area contributed by atoms with Crippen molar-refractivity contribution in [3.05, 3.63) is 28.2 Å². The molecule has 0 saturated heterocycles. The summed E-state index contributed by atoms with van der Waals surface area (Å²) in [6, 6.07) is 5.58. The first kappa shape index (κ1) is 14.3. The minimum absolute atomic E-state index is 0.0916. The molecule has 1 fully saturated rings. The molecule has 1 saturated carbocycles. The molecule has 2 rings (SSSR count). The van der Waals surface area contributed by atoms with Gasteiger partial charge >= 0.3 is 0 Å². The van der Waals surface area contributed by atoms with Gasteiger partial charge in [-0.15, -0.1) is 0 Å². The average Bonchev–Trinajstić information content (AvgIpc) is 2.86. The molecule has 1 aromatic carbocycles. The van der Waals surface area contributed by atoms with Gasteiger partial charge in [-0.3, -0.25) is 4.79 Å². The Morgan fingerprint density at radius 1 is 1.37 bits per heavy atom. The van der Waals surface area contributed by atoms with Gasteiger partial charge in [0, 0.05) is 17.6 Å². The fourth-order valence-corrected chi connectivity index (χ4v) is 2.74. The summed E-state index contributed by atoms with van der Waals surface area (Å²) in [7, 11) is 3.28. The quantitative estimate of drug-likeness (QED) is 0.925. The highest BCUT2D eigenvalue weighted by Crippen LogP contribution is 2.25. The average molecular weight is 328 g/mol. The number of ether oxygens (including phenoxy) is 2. The lowest BCUT2D eigenvalue weighted by atomic mass is 10.1. The van der Waals surface area contributed by atoms with Gasteiger partial charge in [-0.1, -0.05) is 15.9 Å². The van der Waals surface area contributed by atoms with E-state index < -0.39 is 0 Å². The molecule has 1 aliphatic rings. The van der Waals surface area contributed by atoms with Crippen molar-refractivity contribution in [2.75, 3.05) is 14.2 Å². The van der Waals surface area contributed by atoms with Gasteiger partial charge in [0.25, 0.3) is 5.91 Å². The fraction of sp³-hybridized carbons (Fsp3) is 0.500. The third-order valence-corrected chi connectivity index (χ3v) is 3.95. The fourth-order valence-electron chi connectivity index (χ4n) is 2.40. The van der Waals surface area contributed by atoms with Crippen molar-refractivity contribution in [3.63, 3.8) is 0 Å². The lowest BCUT2D eigenvalue weighted by molar-refractivity contribution is 0.0912. The van der Waals surface area contributed by atoms with E-state index in [2.05, 4.69) is 21.2 Å². The molecule has 1 aromatic rings. The van der Waals surface area contributed by atoms with E-state index in [1.807, 2.05) is 6.07 Å². The van der Waals surface area contributed by atoms with Crippen molar-refractivity contribution in [1.29, 1.82) is 0 Å². The van der Waals surface area contributed by atoms with Gasteiger partial charge in [-0.2, -0.15) is 0 Å². The summed E-state index contributed by atoms with van der Waals surface area (Å²) in [5, 5.41) is 3.04. The zero-order valence-corrected chi connectivity index (χ0v) is 12.7. The number of hydrogen-bond acceptors (Lipinski definition) is 3. The van der Waals surface area contributed by atoms with Gasteiger partial charge in [-0.05, 0) is 37.5 Å². The normalized spacial score (nSPS) is 22.3. The standard InChI is InChI=1S/C14H18BrNO3/c1-18-11-5-4-10(8-11)16-14(17)12-6-3-9(15)7-13(12)19-2/h3,6-7,10-11H,4-5,8H2,1-2H3,(H,16,17). The lowest BCUT2D eigenvalue weighted by Crippen LogP contribution is -2.33. The van der Waals surface area contributed by atoms with E-state index in [0.717, 1.165) is 23.7 Å². The van der Waals surface area contributed by atoms with Crippen molar-refractivity contribution in [1.82, 2.24) is 5.32 Å². The van der Waals surface area contributed by atoms with E-state index in [4.69, 9.17) is 9.47 Å². The molecular formula is C14H18BrNO3. The number of nitrogens with one attached hydrogen (secondary N) is 1. The highest BCUT2D eigenvalue weighted by atomic mass is 79.9. The summed E-state index contributed by atoms with van der Waals surface area (Å²) in [6.45, 7) is 0. The van der Waals surface area contributed by atoms with Crippen LogP contribution in [0.1, 0.15) is 29.6 Å². The molecule has 0 bridgehead atoms. The minimum atomic E-state index is -0.0916. The molecule has 2 atom stereocenters. The number of benzene rings is 1.